The highest BCUT2D eigenvalue weighted by Crippen LogP contribution is 2.26. The van der Waals surface area contributed by atoms with E-state index in [0.29, 0.717) is 6.04 Å². The Labute approximate surface area is 108 Å². The first-order valence-electron chi connectivity index (χ1n) is 7.69. The molecule has 2 unspecified atom stereocenters. The molecule has 1 aliphatic rings. The summed E-state index contributed by atoms with van der Waals surface area (Å²) < 4.78 is 0. The van der Waals surface area contributed by atoms with E-state index in [4.69, 9.17) is 0 Å². The minimum atomic E-state index is 0.691. The average molecular weight is 240 g/mol. The zero-order chi connectivity index (χ0) is 12.7. The predicted molar refractivity (Wildman–Crippen MR) is 76.5 cm³/mol. The summed E-state index contributed by atoms with van der Waals surface area (Å²) in [7, 11) is 0. The van der Waals surface area contributed by atoms with E-state index in [9.17, 15) is 0 Å². The summed E-state index contributed by atoms with van der Waals surface area (Å²) in [6, 6.07) is 2.21. The summed E-state index contributed by atoms with van der Waals surface area (Å²) in [5.41, 5.74) is 0. The van der Waals surface area contributed by atoms with Crippen LogP contribution in [-0.4, -0.2) is 36.1 Å². The van der Waals surface area contributed by atoms with Crippen LogP contribution in [0.25, 0.3) is 0 Å². The summed E-state index contributed by atoms with van der Waals surface area (Å²) >= 11 is 0. The topological polar surface area (TPSA) is 15.3 Å². The number of nitrogens with zero attached hydrogens (tertiary/aromatic N) is 1. The molecule has 2 nitrogen and oxygen atoms in total. The van der Waals surface area contributed by atoms with E-state index in [1.54, 1.807) is 0 Å². The molecule has 17 heavy (non-hydrogen) atoms. The van der Waals surface area contributed by atoms with Gasteiger partial charge in [-0.3, -0.25) is 4.90 Å². The Balaban J connectivity index is 2.49. The molecule has 1 saturated carbocycles. The first-order valence-corrected chi connectivity index (χ1v) is 7.69. The zero-order valence-corrected chi connectivity index (χ0v) is 12.3. The molecule has 0 aromatic rings. The fourth-order valence-corrected chi connectivity index (χ4v) is 3.19. The number of hydrogen-bond acceptors (Lipinski definition) is 2. The third-order valence-electron chi connectivity index (χ3n) is 4.05. The molecular weight excluding hydrogens is 208 g/mol. The van der Waals surface area contributed by atoms with Gasteiger partial charge in [-0.1, -0.05) is 33.1 Å². The molecule has 1 rings (SSSR count). The van der Waals surface area contributed by atoms with Crippen molar-refractivity contribution in [3.8, 4) is 0 Å². The van der Waals surface area contributed by atoms with Gasteiger partial charge in [-0.2, -0.15) is 0 Å². The predicted octanol–water partition coefficient (Wildman–Crippen LogP) is 3.42. The lowest BCUT2D eigenvalue weighted by Gasteiger charge is -2.36. The molecule has 0 bridgehead atoms. The Kier molecular flexibility index (Phi) is 7.14. The van der Waals surface area contributed by atoms with Crippen molar-refractivity contribution in [1.82, 2.24) is 10.2 Å². The SMILES string of the molecule is CCCCCN(C(C)C)C1CCCC1NCC. The van der Waals surface area contributed by atoms with Crippen LogP contribution in [0.5, 0.6) is 0 Å². The Morgan fingerprint density at radius 1 is 1.18 bits per heavy atom. The van der Waals surface area contributed by atoms with Crippen LogP contribution in [0.4, 0.5) is 0 Å². The summed E-state index contributed by atoms with van der Waals surface area (Å²) in [4.78, 5) is 2.75. The molecule has 2 atom stereocenters. The van der Waals surface area contributed by atoms with Gasteiger partial charge >= 0.3 is 0 Å². The fraction of sp³-hybridized carbons (Fsp3) is 1.00. The van der Waals surface area contributed by atoms with E-state index in [1.807, 2.05) is 0 Å². The summed E-state index contributed by atoms with van der Waals surface area (Å²) in [6.07, 6.45) is 8.23. The van der Waals surface area contributed by atoms with Crippen LogP contribution in [0.1, 0.15) is 66.2 Å². The normalized spacial score (nSPS) is 25.1. The second-order valence-electron chi connectivity index (χ2n) is 5.70. The van der Waals surface area contributed by atoms with Crippen molar-refractivity contribution in [1.29, 1.82) is 0 Å². The van der Waals surface area contributed by atoms with Gasteiger partial charge in [0.15, 0.2) is 0 Å². The van der Waals surface area contributed by atoms with E-state index >= 15 is 0 Å². The van der Waals surface area contributed by atoms with Crippen molar-refractivity contribution in [3.05, 3.63) is 0 Å². The molecule has 0 aliphatic heterocycles. The molecule has 0 aromatic carbocycles. The third-order valence-corrected chi connectivity index (χ3v) is 4.05. The largest absolute Gasteiger partial charge is 0.313 e. The van der Waals surface area contributed by atoms with E-state index in [2.05, 4.69) is 37.9 Å². The second-order valence-corrected chi connectivity index (χ2v) is 5.70. The molecule has 0 aromatic heterocycles. The highest BCUT2D eigenvalue weighted by Gasteiger charge is 2.32. The van der Waals surface area contributed by atoms with Gasteiger partial charge in [0.2, 0.25) is 0 Å². The van der Waals surface area contributed by atoms with E-state index in [0.717, 1.165) is 18.6 Å². The highest BCUT2D eigenvalue weighted by molar-refractivity contribution is 4.91. The molecule has 0 radical (unpaired) electrons. The van der Waals surface area contributed by atoms with Gasteiger partial charge in [-0.05, 0) is 46.2 Å². The Hall–Kier alpha value is -0.0800. The van der Waals surface area contributed by atoms with E-state index < -0.39 is 0 Å². The molecule has 2 heteroatoms. The quantitative estimate of drug-likeness (QED) is 0.654. The molecule has 0 heterocycles. The molecule has 0 saturated heterocycles. The maximum atomic E-state index is 3.68. The van der Waals surface area contributed by atoms with Crippen LogP contribution in [-0.2, 0) is 0 Å². The maximum absolute atomic E-state index is 3.68. The summed E-state index contributed by atoms with van der Waals surface area (Å²) in [6.45, 7) is 11.6. The standard InChI is InChI=1S/C15H32N2/c1-5-7-8-12-17(13(3)4)15-11-9-10-14(15)16-6-2/h13-16H,5-12H2,1-4H3. The van der Waals surface area contributed by atoms with Crippen LogP contribution >= 0.6 is 0 Å². The van der Waals surface area contributed by atoms with Crippen molar-refractivity contribution in [3.63, 3.8) is 0 Å². The van der Waals surface area contributed by atoms with Gasteiger partial charge in [-0.15, -0.1) is 0 Å². The number of nitrogens with one attached hydrogen (secondary N) is 1. The maximum Gasteiger partial charge on any atom is 0.0252 e. The lowest BCUT2D eigenvalue weighted by atomic mass is 10.1. The number of unbranched alkanes of at least 4 members (excludes halogenated alkanes) is 2. The van der Waals surface area contributed by atoms with Crippen LogP contribution < -0.4 is 5.32 Å². The Morgan fingerprint density at radius 2 is 1.94 bits per heavy atom. The summed E-state index contributed by atoms with van der Waals surface area (Å²) in [5, 5.41) is 3.68. The number of hydrogen-bond donors (Lipinski definition) is 1. The van der Waals surface area contributed by atoms with Crippen LogP contribution in [0, 0.1) is 0 Å². The second kappa shape index (κ2) is 8.10. The third kappa shape index (κ3) is 4.59. The molecule has 102 valence electrons. The van der Waals surface area contributed by atoms with E-state index in [1.165, 1.54) is 45.1 Å². The minimum absolute atomic E-state index is 0.691. The highest BCUT2D eigenvalue weighted by atomic mass is 15.2. The van der Waals surface area contributed by atoms with Crippen molar-refractivity contribution >= 4 is 0 Å². The Morgan fingerprint density at radius 3 is 2.53 bits per heavy atom. The average Bonchev–Trinajstić information content (AvgIpc) is 2.73. The molecular formula is C15H32N2. The van der Waals surface area contributed by atoms with Gasteiger partial charge < -0.3 is 5.32 Å². The Bertz CT molecular complexity index is 191. The van der Waals surface area contributed by atoms with Crippen LogP contribution in [0.2, 0.25) is 0 Å². The van der Waals surface area contributed by atoms with Crippen LogP contribution in [0.3, 0.4) is 0 Å². The molecule has 1 N–H and O–H groups in total. The smallest absolute Gasteiger partial charge is 0.0252 e. The van der Waals surface area contributed by atoms with Crippen molar-refractivity contribution in [2.75, 3.05) is 13.1 Å². The number of rotatable bonds is 8. The molecule has 1 aliphatic carbocycles. The first-order chi connectivity index (χ1) is 8.20. The minimum Gasteiger partial charge on any atom is -0.313 e. The van der Waals surface area contributed by atoms with Gasteiger partial charge in [0, 0.05) is 18.1 Å². The molecule has 0 amide bonds. The lowest BCUT2D eigenvalue weighted by Crippen LogP contribution is -2.50. The van der Waals surface area contributed by atoms with Gasteiger partial charge in [0.25, 0.3) is 0 Å². The lowest BCUT2D eigenvalue weighted by molar-refractivity contribution is 0.131. The monoisotopic (exact) mass is 240 g/mol. The molecule has 0 spiro atoms. The summed E-state index contributed by atoms with van der Waals surface area (Å²) in [5.74, 6) is 0. The molecule has 1 fully saturated rings. The van der Waals surface area contributed by atoms with Crippen LogP contribution in [0.15, 0.2) is 0 Å². The van der Waals surface area contributed by atoms with Gasteiger partial charge in [-0.25, -0.2) is 0 Å². The van der Waals surface area contributed by atoms with Crippen molar-refractivity contribution in [2.45, 2.75) is 84.3 Å². The first kappa shape index (κ1) is 15.0. The van der Waals surface area contributed by atoms with Gasteiger partial charge in [0.05, 0.1) is 0 Å². The van der Waals surface area contributed by atoms with E-state index in [-0.39, 0.29) is 0 Å². The van der Waals surface area contributed by atoms with Gasteiger partial charge in [0.1, 0.15) is 0 Å². The van der Waals surface area contributed by atoms with Crippen molar-refractivity contribution in [2.24, 2.45) is 0 Å². The fourth-order valence-electron chi connectivity index (χ4n) is 3.19. The zero-order valence-electron chi connectivity index (χ0n) is 12.3. The van der Waals surface area contributed by atoms with Crippen molar-refractivity contribution < 1.29 is 0 Å². The number of likely N-dealkylation sites (N-methyl/N-ethyl adjacent to an activating group) is 1.